The zero-order chi connectivity index (χ0) is 13.8. The molecule has 2 rings (SSSR count). The lowest BCUT2D eigenvalue weighted by atomic mass is 10.3. The second-order valence-corrected chi connectivity index (χ2v) is 4.36. The minimum atomic E-state index is -0.0199. The van der Waals surface area contributed by atoms with Crippen LogP contribution in [0.15, 0.2) is 18.7 Å². The molecule has 2 aromatic rings. The van der Waals surface area contributed by atoms with E-state index in [1.807, 2.05) is 25.3 Å². The van der Waals surface area contributed by atoms with Gasteiger partial charge in [-0.1, -0.05) is 6.92 Å². The van der Waals surface area contributed by atoms with E-state index in [4.69, 9.17) is 0 Å². The molecular formula is C13H17N5O. The van der Waals surface area contributed by atoms with Crippen molar-refractivity contribution in [3.8, 4) is 5.95 Å². The molecule has 1 N–H and O–H groups in total. The molecule has 0 spiro atoms. The molecule has 0 bridgehead atoms. The number of hydrogen-bond acceptors (Lipinski definition) is 4. The van der Waals surface area contributed by atoms with Gasteiger partial charge in [0.05, 0.1) is 23.8 Å². The van der Waals surface area contributed by atoms with E-state index in [0.717, 1.165) is 17.8 Å². The average Bonchev–Trinajstić information content (AvgIpc) is 2.71. The van der Waals surface area contributed by atoms with E-state index in [0.29, 0.717) is 18.1 Å². The Morgan fingerprint density at radius 2 is 1.95 bits per heavy atom. The second-order valence-electron chi connectivity index (χ2n) is 4.36. The molecule has 0 radical (unpaired) electrons. The van der Waals surface area contributed by atoms with Gasteiger partial charge in [0, 0.05) is 12.1 Å². The maximum Gasteiger partial charge on any atom is 0.235 e. The van der Waals surface area contributed by atoms with Gasteiger partial charge in [-0.3, -0.25) is 9.36 Å². The lowest BCUT2D eigenvalue weighted by Gasteiger charge is -2.06. The molecule has 0 fully saturated rings. The molecule has 0 unspecified atom stereocenters. The summed E-state index contributed by atoms with van der Waals surface area (Å²) in [6, 6.07) is 0. The maximum absolute atomic E-state index is 11.4. The minimum absolute atomic E-state index is 0.0199. The van der Waals surface area contributed by atoms with Crippen molar-refractivity contribution in [1.82, 2.24) is 19.5 Å². The zero-order valence-corrected chi connectivity index (χ0v) is 11.3. The highest BCUT2D eigenvalue weighted by atomic mass is 16.1. The van der Waals surface area contributed by atoms with Crippen molar-refractivity contribution in [3.63, 3.8) is 0 Å². The van der Waals surface area contributed by atoms with Crippen molar-refractivity contribution in [2.24, 2.45) is 0 Å². The number of nitrogens with zero attached hydrogens (tertiary/aromatic N) is 4. The van der Waals surface area contributed by atoms with Crippen LogP contribution >= 0.6 is 0 Å². The van der Waals surface area contributed by atoms with E-state index in [9.17, 15) is 4.79 Å². The first-order chi connectivity index (χ1) is 9.11. The summed E-state index contributed by atoms with van der Waals surface area (Å²) in [6.07, 6.45) is 6.21. The normalized spacial score (nSPS) is 10.5. The molecule has 0 atom stereocenters. The van der Waals surface area contributed by atoms with Crippen LogP contribution in [-0.2, 0) is 4.79 Å². The van der Waals surface area contributed by atoms with Crippen LogP contribution in [0.5, 0.6) is 0 Å². The van der Waals surface area contributed by atoms with Crippen LogP contribution in [0, 0.1) is 13.8 Å². The van der Waals surface area contributed by atoms with E-state index in [-0.39, 0.29) is 5.91 Å². The van der Waals surface area contributed by atoms with Crippen LogP contribution in [0.25, 0.3) is 5.95 Å². The van der Waals surface area contributed by atoms with Gasteiger partial charge >= 0.3 is 0 Å². The molecule has 2 heterocycles. The van der Waals surface area contributed by atoms with Gasteiger partial charge in [0.15, 0.2) is 0 Å². The molecule has 6 heteroatoms. The molecule has 0 aliphatic rings. The van der Waals surface area contributed by atoms with Crippen LogP contribution < -0.4 is 5.32 Å². The van der Waals surface area contributed by atoms with E-state index in [1.54, 1.807) is 18.7 Å². The summed E-state index contributed by atoms with van der Waals surface area (Å²) < 4.78 is 1.81. The SMILES string of the molecule is CCCC(=O)Nc1cnc(-n2cnc(C)c2C)nc1. The Bertz CT molecular complexity index is 573. The monoisotopic (exact) mass is 259 g/mol. The lowest BCUT2D eigenvalue weighted by Crippen LogP contribution is -2.11. The minimum Gasteiger partial charge on any atom is -0.323 e. The Morgan fingerprint density at radius 3 is 2.47 bits per heavy atom. The van der Waals surface area contributed by atoms with Crippen LogP contribution in [-0.4, -0.2) is 25.4 Å². The molecule has 6 nitrogen and oxygen atoms in total. The van der Waals surface area contributed by atoms with Gasteiger partial charge in [0.2, 0.25) is 11.9 Å². The highest BCUT2D eigenvalue weighted by molar-refractivity contribution is 5.90. The van der Waals surface area contributed by atoms with Gasteiger partial charge in [-0.2, -0.15) is 0 Å². The summed E-state index contributed by atoms with van der Waals surface area (Å²) in [5, 5.41) is 2.75. The van der Waals surface area contributed by atoms with E-state index in [2.05, 4.69) is 20.3 Å². The third-order valence-electron chi connectivity index (χ3n) is 2.87. The Hall–Kier alpha value is -2.24. The van der Waals surface area contributed by atoms with Crippen molar-refractivity contribution in [2.45, 2.75) is 33.6 Å². The molecule has 100 valence electrons. The number of anilines is 1. The third-order valence-corrected chi connectivity index (χ3v) is 2.87. The van der Waals surface area contributed by atoms with Crippen molar-refractivity contribution in [2.75, 3.05) is 5.32 Å². The summed E-state index contributed by atoms with van der Waals surface area (Å²) in [5.74, 6) is 0.528. The third kappa shape index (κ3) is 2.96. The quantitative estimate of drug-likeness (QED) is 0.911. The molecule has 0 saturated heterocycles. The molecule has 19 heavy (non-hydrogen) atoms. The van der Waals surface area contributed by atoms with Crippen molar-refractivity contribution in [1.29, 1.82) is 0 Å². The van der Waals surface area contributed by atoms with Crippen molar-refractivity contribution < 1.29 is 4.79 Å². The molecule has 0 aliphatic heterocycles. The lowest BCUT2D eigenvalue weighted by molar-refractivity contribution is -0.116. The average molecular weight is 259 g/mol. The fourth-order valence-corrected chi connectivity index (χ4v) is 1.66. The van der Waals surface area contributed by atoms with E-state index >= 15 is 0 Å². The number of carbonyl (C=O) groups excluding carboxylic acids is 1. The molecule has 1 amide bonds. The first kappa shape index (κ1) is 13.2. The molecule has 0 aliphatic carbocycles. The van der Waals surface area contributed by atoms with Gasteiger partial charge in [0.25, 0.3) is 0 Å². The number of imidazole rings is 1. The Kier molecular flexibility index (Phi) is 3.89. The van der Waals surface area contributed by atoms with Crippen LogP contribution in [0.1, 0.15) is 31.2 Å². The molecule has 0 aromatic carbocycles. The van der Waals surface area contributed by atoms with Crippen molar-refractivity contribution >= 4 is 11.6 Å². The van der Waals surface area contributed by atoms with E-state index in [1.165, 1.54) is 0 Å². The van der Waals surface area contributed by atoms with E-state index < -0.39 is 0 Å². The number of hydrogen-bond donors (Lipinski definition) is 1. The summed E-state index contributed by atoms with van der Waals surface area (Å²) in [4.78, 5) is 24.1. The van der Waals surface area contributed by atoms with Gasteiger partial charge in [-0.15, -0.1) is 0 Å². The van der Waals surface area contributed by atoms with Crippen molar-refractivity contribution in [3.05, 3.63) is 30.1 Å². The smallest absolute Gasteiger partial charge is 0.235 e. The fourth-order valence-electron chi connectivity index (χ4n) is 1.66. The highest BCUT2D eigenvalue weighted by Crippen LogP contribution is 2.11. The highest BCUT2D eigenvalue weighted by Gasteiger charge is 2.07. The Balaban J connectivity index is 2.15. The number of rotatable bonds is 4. The number of aromatic nitrogens is 4. The predicted molar refractivity (Wildman–Crippen MR) is 72.2 cm³/mol. The van der Waals surface area contributed by atoms with Crippen LogP contribution in [0.4, 0.5) is 5.69 Å². The standard InChI is InChI=1S/C13H17N5O/c1-4-5-12(19)17-11-6-14-13(15-7-11)18-8-16-9(2)10(18)3/h6-8H,4-5H2,1-3H3,(H,17,19). The summed E-state index contributed by atoms with van der Waals surface area (Å²) in [7, 11) is 0. The number of carbonyl (C=O) groups is 1. The number of aryl methyl sites for hydroxylation is 1. The Morgan fingerprint density at radius 1 is 1.26 bits per heavy atom. The van der Waals surface area contributed by atoms with Gasteiger partial charge < -0.3 is 5.32 Å². The zero-order valence-electron chi connectivity index (χ0n) is 11.3. The summed E-state index contributed by atoms with van der Waals surface area (Å²) in [5.41, 5.74) is 2.56. The predicted octanol–water partition coefficient (Wildman–Crippen LogP) is 2.02. The first-order valence-corrected chi connectivity index (χ1v) is 6.24. The second kappa shape index (κ2) is 5.60. The van der Waals surface area contributed by atoms with Crippen LogP contribution in [0.3, 0.4) is 0 Å². The summed E-state index contributed by atoms with van der Waals surface area (Å²) >= 11 is 0. The van der Waals surface area contributed by atoms with Gasteiger partial charge in [-0.05, 0) is 20.3 Å². The summed E-state index contributed by atoms with van der Waals surface area (Å²) in [6.45, 7) is 5.86. The number of amides is 1. The topological polar surface area (TPSA) is 72.7 Å². The molecule has 0 saturated carbocycles. The van der Waals surface area contributed by atoms with Gasteiger partial charge in [-0.25, -0.2) is 15.0 Å². The van der Waals surface area contributed by atoms with Gasteiger partial charge in [0.1, 0.15) is 6.33 Å². The number of nitrogens with one attached hydrogen (secondary N) is 1. The first-order valence-electron chi connectivity index (χ1n) is 6.24. The van der Waals surface area contributed by atoms with Crippen LogP contribution in [0.2, 0.25) is 0 Å². The molecule has 2 aromatic heterocycles. The Labute approximate surface area is 111 Å². The maximum atomic E-state index is 11.4. The largest absolute Gasteiger partial charge is 0.323 e. The fraction of sp³-hybridized carbons (Fsp3) is 0.385. The molecular weight excluding hydrogens is 242 g/mol.